The summed E-state index contributed by atoms with van der Waals surface area (Å²) in [5.74, 6) is 0. The van der Waals surface area contributed by atoms with E-state index in [2.05, 4.69) is 0 Å². The SMILES string of the molecule is O=[P+](O)CN(CCCCCCN(CP(=O)(O)O)CP(=O)(O)O)CP(=O)(O)O. The van der Waals surface area contributed by atoms with Crippen LogP contribution in [0.2, 0.25) is 0 Å². The normalized spacial score (nSPS) is 14.2. The number of unbranched alkanes of at least 4 members (excludes halogenated alkanes) is 3. The molecule has 0 aliphatic heterocycles. The van der Waals surface area contributed by atoms with E-state index < -0.39 is 49.7 Å². The summed E-state index contributed by atoms with van der Waals surface area (Å²) in [4.78, 5) is 64.8. The average molecular weight is 475 g/mol. The van der Waals surface area contributed by atoms with Crippen LogP contribution in [-0.4, -0.2) is 82.3 Å². The van der Waals surface area contributed by atoms with Crippen molar-refractivity contribution in [1.29, 1.82) is 0 Å². The summed E-state index contributed by atoms with van der Waals surface area (Å²) in [5.41, 5.74) is 0. The maximum Gasteiger partial charge on any atom is 0.521 e. The predicted molar refractivity (Wildman–Crippen MR) is 97.3 cm³/mol. The number of hydrogen-bond donors (Lipinski definition) is 7. The average Bonchev–Trinajstić information content (AvgIpc) is 2.35. The standard InChI is InChI=1S/C10H26N2O11P4/c13-24(14)7-11(8-25(15,16)17)5-3-1-2-4-6-12(9-26(18,19)20)10-27(21,22)23/h1-10H2,(H6-,13,14,15,16,17,18,19,20,21,22,23)/p+1. The molecular weight excluding hydrogens is 448 g/mol. The molecule has 7 N–H and O–H groups in total. The monoisotopic (exact) mass is 475 g/mol. The van der Waals surface area contributed by atoms with Crippen LogP contribution >= 0.6 is 30.8 Å². The van der Waals surface area contributed by atoms with Crippen molar-refractivity contribution in [2.75, 3.05) is 38.2 Å². The molecule has 0 aromatic heterocycles. The van der Waals surface area contributed by atoms with Crippen LogP contribution < -0.4 is 0 Å². The molecule has 0 saturated carbocycles. The summed E-state index contributed by atoms with van der Waals surface area (Å²) in [5, 5.41) is 0. The van der Waals surface area contributed by atoms with E-state index in [4.69, 9.17) is 34.3 Å². The first-order valence-corrected chi connectivity index (χ1v) is 14.6. The van der Waals surface area contributed by atoms with Crippen molar-refractivity contribution in [2.24, 2.45) is 0 Å². The van der Waals surface area contributed by atoms with Gasteiger partial charge in [0.1, 0.15) is 18.9 Å². The molecule has 1 atom stereocenters. The molecule has 0 aromatic carbocycles. The van der Waals surface area contributed by atoms with Crippen LogP contribution in [0.4, 0.5) is 0 Å². The Morgan fingerprint density at radius 1 is 0.630 bits per heavy atom. The minimum absolute atomic E-state index is 0.0604. The van der Waals surface area contributed by atoms with Crippen molar-refractivity contribution in [3.05, 3.63) is 0 Å². The third-order valence-electron chi connectivity index (χ3n) is 3.17. The van der Waals surface area contributed by atoms with E-state index in [0.717, 1.165) is 4.90 Å². The molecule has 0 amide bonds. The van der Waals surface area contributed by atoms with Crippen LogP contribution in [0, 0.1) is 0 Å². The van der Waals surface area contributed by atoms with E-state index in [1.165, 1.54) is 4.90 Å². The van der Waals surface area contributed by atoms with E-state index in [-0.39, 0.29) is 19.4 Å². The van der Waals surface area contributed by atoms with E-state index in [1.54, 1.807) is 0 Å². The van der Waals surface area contributed by atoms with Crippen molar-refractivity contribution < 1.29 is 52.5 Å². The van der Waals surface area contributed by atoms with Gasteiger partial charge in [-0.3, -0.25) is 18.6 Å². The van der Waals surface area contributed by atoms with Gasteiger partial charge in [0.05, 0.1) is 0 Å². The lowest BCUT2D eigenvalue weighted by Crippen LogP contribution is -2.27. The summed E-state index contributed by atoms with van der Waals surface area (Å²) >= 11 is 0. The minimum atomic E-state index is -4.47. The molecule has 0 bridgehead atoms. The molecule has 0 heterocycles. The maximum atomic E-state index is 11.0. The van der Waals surface area contributed by atoms with Crippen molar-refractivity contribution >= 4 is 30.8 Å². The Morgan fingerprint density at radius 3 is 1.30 bits per heavy atom. The van der Waals surface area contributed by atoms with Crippen molar-refractivity contribution in [3.8, 4) is 0 Å². The number of hydrogen-bond acceptors (Lipinski definition) is 6. The van der Waals surface area contributed by atoms with Crippen LogP contribution in [0.3, 0.4) is 0 Å². The highest BCUT2D eigenvalue weighted by molar-refractivity contribution is 7.52. The van der Waals surface area contributed by atoms with Gasteiger partial charge in [-0.2, -0.15) is 4.89 Å². The molecule has 1 unspecified atom stereocenters. The fourth-order valence-corrected chi connectivity index (χ4v) is 5.54. The van der Waals surface area contributed by atoms with Gasteiger partial charge in [0.2, 0.25) is 6.29 Å². The largest absolute Gasteiger partial charge is 0.521 e. The Bertz CT molecular complexity index is 576. The minimum Gasteiger partial charge on any atom is -0.324 e. The van der Waals surface area contributed by atoms with Gasteiger partial charge in [0.15, 0.2) is 0 Å². The Hall–Kier alpha value is 0.430. The van der Waals surface area contributed by atoms with Gasteiger partial charge in [-0.15, -0.1) is 0 Å². The van der Waals surface area contributed by atoms with Crippen LogP contribution in [0.25, 0.3) is 0 Å². The molecule has 0 aromatic rings. The second kappa shape index (κ2) is 12.2. The van der Waals surface area contributed by atoms with E-state index in [1.807, 2.05) is 0 Å². The fourth-order valence-electron chi connectivity index (χ4n) is 2.35. The zero-order chi connectivity index (χ0) is 21.3. The summed E-state index contributed by atoms with van der Waals surface area (Å²) in [6, 6.07) is 0. The smallest absolute Gasteiger partial charge is 0.324 e. The van der Waals surface area contributed by atoms with Crippen LogP contribution in [0.15, 0.2) is 0 Å². The van der Waals surface area contributed by atoms with E-state index in [0.29, 0.717) is 25.7 Å². The summed E-state index contributed by atoms with van der Waals surface area (Å²) < 4.78 is 43.9. The molecule has 0 aliphatic carbocycles. The second-order valence-electron chi connectivity index (χ2n) is 6.11. The second-order valence-corrected chi connectivity index (χ2v) is 11.9. The summed E-state index contributed by atoms with van der Waals surface area (Å²) in [6.07, 6.45) is -0.582. The quantitative estimate of drug-likeness (QED) is 0.125. The topological polar surface area (TPSA) is 216 Å². The van der Waals surface area contributed by atoms with Crippen LogP contribution in [0.1, 0.15) is 25.7 Å². The summed E-state index contributed by atoms with van der Waals surface area (Å²) in [7, 11) is -15.9. The highest BCUT2D eigenvalue weighted by Gasteiger charge is 2.26. The lowest BCUT2D eigenvalue weighted by Gasteiger charge is -2.23. The van der Waals surface area contributed by atoms with Crippen LogP contribution in [-0.2, 0) is 18.3 Å². The zero-order valence-electron chi connectivity index (χ0n) is 14.5. The lowest BCUT2D eigenvalue weighted by atomic mass is 10.2. The van der Waals surface area contributed by atoms with Gasteiger partial charge < -0.3 is 29.4 Å². The molecule has 17 heteroatoms. The van der Waals surface area contributed by atoms with Gasteiger partial charge in [-0.05, 0) is 24.0 Å². The Balaban J connectivity index is 4.31. The van der Waals surface area contributed by atoms with Gasteiger partial charge in [-0.1, -0.05) is 12.8 Å². The summed E-state index contributed by atoms with van der Waals surface area (Å²) in [6.45, 7) is 0.242. The molecule has 0 radical (unpaired) electrons. The molecule has 0 fully saturated rings. The molecular formula is C10H27N2O11P4+. The predicted octanol–water partition coefficient (Wildman–Crippen LogP) is 0.249. The molecule has 27 heavy (non-hydrogen) atoms. The Labute approximate surface area is 157 Å². The highest BCUT2D eigenvalue weighted by atomic mass is 31.2. The number of nitrogens with zero attached hydrogens (tertiary/aromatic N) is 2. The maximum absolute atomic E-state index is 11.0. The molecule has 162 valence electrons. The molecule has 0 spiro atoms. The fraction of sp³-hybridized carbons (Fsp3) is 1.00. The van der Waals surface area contributed by atoms with Crippen molar-refractivity contribution in [2.45, 2.75) is 25.7 Å². The first kappa shape index (κ1) is 27.4. The molecule has 0 saturated heterocycles. The third-order valence-corrected chi connectivity index (χ3v) is 6.12. The first-order valence-electron chi connectivity index (χ1n) is 7.79. The van der Waals surface area contributed by atoms with Gasteiger partial charge in [0.25, 0.3) is 0 Å². The molecule has 0 aliphatic rings. The van der Waals surface area contributed by atoms with Gasteiger partial charge in [-0.25, -0.2) is 4.90 Å². The van der Waals surface area contributed by atoms with Crippen molar-refractivity contribution in [1.82, 2.24) is 9.80 Å². The van der Waals surface area contributed by atoms with Gasteiger partial charge >= 0.3 is 30.8 Å². The molecule has 0 rings (SSSR count). The van der Waals surface area contributed by atoms with Crippen molar-refractivity contribution in [3.63, 3.8) is 0 Å². The Kier molecular flexibility index (Phi) is 12.4. The molecule has 13 nitrogen and oxygen atoms in total. The lowest BCUT2D eigenvalue weighted by molar-refractivity contribution is 0.269. The van der Waals surface area contributed by atoms with E-state index in [9.17, 15) is 18.3 Å². The Morgan fingerprint density at radius 2 is 0.963 bits per heavy atom. The number of rotatable bonds is 15. The van der Waals surface area contributed by atoms with E-state index >= 15 is 0 Å². The zero-order valence-corrected chi connectivity index (χ0v) is 18.1. The third kappa shape index (κ3) is 19.5. The first-order chi connectivity index (χ1) is 12.1. The van der Waals surface area contributed by atoms with Crippen LogP contribution in [0.5, 0.6) is 0 Å². The van der Waals surface area contributed by atoms with Gasteiger partial charge in [0, 0.05) is 6.54 Å². The highest BCUT2D eigenvalue weighted by Crippen LogP contribution is 2.41.